The van der Waals surface area contributed by atoms with Crippen molar-refractivity contribution in [2.75, 3.05) is 24.5 Å². The normalized spacial score (nSPS) is 27.7. The maximum Gasteiger partial charge on any atom is 0.243 e. The molecular weight excluding hydrogens is 415 g/mol. The summed E-state index contributed by atoms with van der Waals surface area (Å²) in [4.78, 5) is 35.8. The predicted molar refractivity (Wildman–Crippen MR) is 117 cm³/mol. The molecule has 0 spiro atoms. The molecule has 0 saturated carbocycles. The van der Waals surface area contributed by atoms with Gasteiger partial charge in [0, 0.05) is 42.9 Å². The lowest BCUT2D eigenvalue weighted by atomic mass is 9.71. The largest absolute Gasteiger partial charge is 0.356 e. The Morgan fingerprint density at radius 3 is 2.90 bits per heavy atom. The number of carbonyl (C=O) groups is 2. The molecule has 2 aromatic rings. The van der Waals surface area contributed by atoms with Crippen LogP contribution in [-0.4, -0.2) is 53.4 Å². The number of nitrogens with one attached hydrogen (secondary N) is 1. The van der Waals surface area contributed by atoms with Gasteiger partial charge in [-0.25, -0.2) is 9.37 Å². The smallest absolute Gasteiger partial charge is 0.243 e. The van der Waals surface area contributed by atoms with Crippen LogP contribution in [0.5, 0.6) is 0 Å². The predicted octanol–water partition coefficient (Wildman–Crippen LogP) is 2.85. The van der Waals surface area contributed by atoms with Crippen molar-refractivity contribution in [1.82, 2.24) is 15.2 Å². The van der Waals surface area contributed by atoms with Crippen molar-refractivity contribution in [3.05, 3.63) is 46.5 Å². The molecule has 5 rings (SSSR count). The lowest BCUT2D eigenvalue weighted by Crippen LogP contribution is -2.68. The number of carbonyl (C=O) groups excluding carboxylic acids is 2. The molecule has 2 bridgehead atoms. The number of halogens is 1. The van der Waals surface area contributed by atoms with E-state index >= 15 is 0 Å². The van der Waals surface area contributed by atoms with Crippen molar-refractivity contribution >= 4 is 29.0 Å². The highest BCUT2D eigenvalue weighted by Gasteiger charge is 2.52. The van der Waals surface area contributed by atoms with Crippen LogP contribution in [0, 0.1) is 17.7 Å². The number of nitrogens with zero attached hydrogens (tertiary/aromatic N) is 3. The molecule has 5 heterocycles. The molecule has 2 aromatic heterocycles. The molecule has 3 aliphatic heterocycles. The Balaban J connectivity index is 1.36. The number of aromatic nitrogens is 1. The van der Waals surface area contributed by atoms with E-state index in [0.717, 1.165) is 38.0 Å². The van der Waals surface area contributed by atoms with E-state index in [1.807, 2.05) is 16.3 Å². The number of hydrogen-bond donors (Lipinski definition) is 1. The fraction of sp³-hybridized carbons (Fsp3) is 0.522. The zero-order chi connectivity index (χ0) is 21.4. The molecule has 8 heteroatoms. The lowest BCUT2D eigenvalue weighted by molar-refractivity contribution is -0.156. The van der Waals surface area contributed by atoms with Gasteiger partial charge in [0.05, 0.1) is 6.20 Å². The summed E-state index contributed by atoms with van der Waals surface area (Å²) in [6, 6.07) is 6.87. The van der Waals surface area contributed by atoms with Crippen LogP contribution in [0.4, 0.5) is 10.2 Å². The molecule has 2 amide bonds. The average molecular weight is 443 g/mol. The van der Waals surface area contributed by atoms with Crippen LogP contribution in [0.15, 0.2) is 35.8 Å². The summed E-state index contributed by atoms with van der Waals surface area (Å²) in [5.74, 6) is 0.805. The molecule has 4 atom stereocenters. The van der Waals surface area contributed by atoms with Gasteiger partial charge in [-0.15, -0.1) is 11.3 Å². The van der Waals surface area contributed by atoms with Crippen LogP contribution in [0.2, 0.25) is 0 Å². The van der Waals surface area contributed by atoms with Crippen LogP contribution in [0.3, 0.4) is 0 Å². The summed E-state index contributed by atoms with van der Waals surface area (Å²) in [5, 5.41) is 5.14. The van der Waals surface area contributed by atoms with Crippen LogP contribution < -0.4 is 10.2 Å². The van der Waals surface area contributed by atoms with Gasteiger partial charge < -0.3 is 15.1 Å². The Morgan fingerprint density at radius 2 is 2.13 bits per heavy atom. The average Bonchev–Trinajstić information content (AvgIpc) is 3.28. The number of rotatable bonds is 5. The van der Waals surface area contributed by atoms with Crippen LogP contribution in [-0.2, 0) is 16.0 Å². The Labute approximate surface area is 185 Å². The second-order valence-corrected chi connectivity index (χ2v) is 9.85. The van der Waals surface area contributed by atoms with Gasteiger partial charge in [0.15, 0.2) is 0 Å². The second-order valence-electron chi connectivity index (χ2n) is 8.82. The maximum absolute atomic E-state index is 13.4. The monoisotopic (exact) mass is 442 g/mol. The summed E-state index contributed by atoms with van der Waals surface area (Å²) in [5.41, 5.74) is 0. The molecule has 1 N–H and O–H groups in total. The zero-order valence-electron chi connectivity index (χ0n) is 17.4. The van der Waals surface area contributed by atoms with Gasteiger partial charge in [-0.3, -0.25) is 9.59 Å². The van der Waals surface area contributed by atoms with Gasteiger partial charge in [-0.2, -0.15) is 0 Å². The van der Waals surface area contributed by atoms with E-state index in [0.29, 0.717) is 25.4 Å². The maximum atomic E-state index is 13.4. The van der Waals surface area contributed by atoms with E-state index in [1.54, 1.807) is 17.4 Å². The topological polar surface area (TPSA) is 65.5 Å². The second kappa shape index (κ2) is 8.57. The Bertz CT molecular complexity index is 936. The van der Waals surface area contributed by atoms with Crippen molar-refractivity contribution in [1.29, 1.82) is 0 Å². The fourth-order valence-electron chi connectivity index (χ4n) is 5.60. The van der Waals surface area contributed by atoms with Gasteiger partial charge in [-0.1, -0.05) is 6.07 Å². The van der Waals surface area contributed by atoms with E-state index in [4.69, 9.17) is 0 Å². The number of hydrogen-bond acceptors (Lipinski definition) is 5. The highest BCUT2D eigenvalue weighted by Crippen LogP contribution is 2.42. The molecular formula is C23H27FN4O2S. The molecule has 6 nitrogen and oxygen atoms in total. The summed E-state index contributed by atoms with van der Waals surface area (Å²) in [7, 11) is 0. The van der Waals surface area contributed by atoms with E-state index in [9.17, 15) is 14.0 Å². The van der Waals surface area contributed by atoms with Crippen molar-refractivity contribution in [2.24, 2.45) is 11.8 Å². The molecule has 0 unspecified atom stereocenters. The highest BCUT2D eigenvalue weighted by atomic mass is 32.1. The van der Waals surface area contributed by atoms with Gasteiger partial charge in [0.25, 0.3) is 0 Å². The number of amides is 2. The third-order valence-electron chi connectivity index (χ3n) is 6.90. The number of thiophene rings is 1. The highest BCUT2D eigenvalue weighted by molar-refractivity contribution is 7.09. The third-order valence-corrected chi connectivity index (χ3v) is 7.83. The Morgan fingerprint density at radius 1 is 1.26 bits per heavy atom. The summed E-state index contributed by atoms with van der Waals surface area (Å²) >= 11 is 1.69. The Hall–Kier alpha value is -2.48. The SMILES string of the molecule is O=C(NCCc1cccs1)[C@H]1[C@H]2C[C@H](CN(c3ccc(F)cn3)C2)[C@@H]2CCCC(=O)N21. The minimum Gasteiger partial charge on any atom is -0.356 e. The van der Waals surface area contributed by atoms with E-state index < -0.39 is 6.04 Å². The van der Waals surface area contributed by atoms with Crippen molar-refractivity contribution in [2.45, 2.75) is 44.2 Å². The van der Waals surface area contributed by atoms with Crippen molar-refractivity contribution in [3.8, 4) is 0 Å². The van der Waals surface area contributed by atoms with E-state index in [-0.39, 0.29) is 29.6 Å². The van der Waals surface area contributed by atoms with Crippen molar-refractivity contribution in [3.63, 3.8) is 0 Å². The molecule has 0 radical (unpaired) electrons. The molecule has 3 aliphatic rings. The van der Waals surface area contributed by atoms with Crippen molar-refractivity contribution < 1.29 is 14.0 Å². The molecule has 0 aliphatic carbocycles. The standard InChI is InChI=1S/C23H27FN4O2S/c24-17-6-7-20(26-12-17)27-13-15-11-16(14-27)22(28-19(15)4-1-5-21(28)29)23(30)25-9-8-18-3-2-10-31-18/h2-3,6-7,10,12,15-16,19,22H,1,4-5,8-9,11,13-14H2,(H,25,30)/t15-,16+,19+,22-/m1/s1. The Kier molecular flexibility index (Phi) is 5.65. The number of fused-ring (bicyclic) bond motifs is 4. The molecule has 3 fully saturated rings. The summed E-state index contributed by atoms with van der Waals surface area (Å²) in [6.07, 6.45) is 5.32. The number of pyridine rings is 1. The molecule has 164 valence electrons. The molecule has 3 saturated heterocycles. The van der Waals surface area contributed by atoms with Gasteiger partial charge in [-0.05, 0) is 55.2 Å². The van der Waals surface area contributed by atoms with E-state index in [1.165, 1.54) is 17.1 Å². The first-order chi connectivity index (χ1) is 15.1. The molecule has 31 heavy (non-hydrogen) atoms. The minimum atomic E-state index is -0.444. The van der Waals surface area contributed by atoms with Crippen LogP contribution >= 0.6 is 11.3 Å². The van der Waals surface area contributed by atoms with Crippen LogP contribution in [0.1, 0.15) is 30.6 Å². The number of piperidine rings is 3. The first kappa shape index (κ1) is 20.4. The molecule has 0 aromatic carbocycles. The zero-order valence-corrected chi connectivity index (χ0v) is 18.2. The minimum absolute atomic E-state index is 0.0469. The lowest BCUT2D eigenvalue weighted by Gasteiger charge is -2.56. The quantitative estimate of drug-likeness (QED) is 0.773. The fourth-order valence-corrected chi connectivity index (χ4v) is 6.31. The first-order valence-electron chi connectivity index (χ1n) is 11.1. The van der Waals surface area contributed by atoms with Gasteiger partial charge >= 0.3 is 0 Å². The third kappa shape index (κ3) is 4.05. The summed E-state index contributed by atoms with van der Waals surface area (Å²) in [6.45, 7) is 2.01. The van der Waals surface area contributed by atoms with Crippen LogP contribution in [0.25, 0.3) is 0 Å². The van der Waals surface area contributed by atoms with Gasteiger partial charge in [0.2, 0.25) is 11.8 Å². The van der Waals surface area contributed by atoms with E-state index in [2.05, 4.69) is 21.3 Å². The van der Waals surface area contributed by atoms with Gasteiger partial charge in [0.1, 0.15) is 17.7 Å². The summed E-state index contributed by atoms with van der Waals surface area (Å²) < 4.78 is 13.4. The first-order valence-corrected chi connectivity index (χ1v) is 12.0. The number of anilines is 1.